The number of hydrogen-bond acceptors (Lipinski definition) is 3. The van der Waals surface area contributed by atoms with E-state index in [1.54, 1.807) is 0 Å². The van der Waals surface area contributed by atoms with Crippen molar-refractivity contribution in [3.8, 4) is 0 Å². The number of aliphatic imine (C=N–C) groups is 1. The Hall–Kier alpha value is -1.61. The predicted octanol–water partition coefficient (Wildman–Crippen LogP) is 4.10. The zero-order valence-corrected chi connectivity index (χ0v) is 21.7. The molecule has 0 amide bonds. The van der Waals surface area contributed by atoms with Gasteiger partial charge < -0.3 is 15.5 Å². The number of aryl methyl sites for hydroxylation is 1. The maximum atomic E-state index is 4.75. The summed E-state index contributed by atoms with van der Waals surface area (Å²) in [4.78, 5) is 7.00. The standard InChI is InChI=1S/C24H38N6.HI/c1-20-23(21(2)30(28-20)19-22-12-7-6-8-13-22)18-27-24(25-3)26-14-11-17-29-15-9-4-5-10-16-29;/h6-8,12-13H,4-5,9-11,14-19H2,1-3H3,(H2,25,26,27);1H. The first-order valence-electron chi connectivity index (χ1n) is 11.4. The average Bonchev–Trinajstić information content (AvgIpc) is 2.94. The second-order valence-corrected chi connectivity index (χ2v) is 8.25. The predicted molar refractivity (Wildman–Crippen MR) is 140 cm³/mol. The molecular weight excluding hydrogens is 499 g/mol. The number of aromatic nitrogens is 2. The molecule has 0 atom stereocenters. The molecule has 7 heteroatoms. The number of nitrogens with zero attached hydrogens (tertiary/aromatic N) is 4. The Balaban J connectivity index is 0.00000341. The molecule has 3 rings (SSSR count). The summed E-state index contributed by atoms with van der Waals surface area (Å²) in [6, 6.07) is 10.5. The topological polar surface area (TPSA) is 57.5 Å². The van der Waals surface area contributed by atoms with Crippen molar-refractivity contribution in [2.45, 2.75) is 59.0 Å². The Morgan fingerprint density at radius 3 is 2.42 bits per heavy atom. The SMILES string of the molecule is CN=C(NCCCN1CCCCCC1)NCc1c(C)nn(Cc2ccccc2)c1C.I. The van der Waals surface area contributed by atoms with E-state index in [0.717, 1.165) is 37.7 Å². The van der Waals surface area contributed by atoms with E-state index in [0.29, 0.717) is 0 Å². The van der Waals surface area contributed by atoms with Crippen molar-refractivity contribution >= 4 is 29.9 Å². The van der Waals surface area contributed by atoms with Gasteiger partial charge in [-0.2, -0.15) is 5.10 Å². The molecule has 31 heavy (non-hydrogen) atoms. The highest BCUT2D eigenvalue weighted by Crippen LogP contribution is 2.14. The van der Waals surface area contributed by atoms with Gasteiger partial charge >= 0.3 is 0 Å². The highest BCUT2D eigenvalue weighted by molar-refractivity contribution is 14.0. The Morgan fingerprint density at radius 1 is 1.03 bits per heavy atom. The van der Waals surface area contributed by atoms with Crippen LogP contribution in [0.1, 0.15) is 54.6 Å². The quantitative estimate of drug-likeness (QED) is 0.230. The summed E-state index contributed by atoms with van der Waals surface area (Å²) in [5.41, 5.74) is 4.80. The summed E-state index contributed by atoms with van der Waals surface area (Å²) in [7, 11) is 1.84. The fourth-order valence-electron chi connectivity index (χ4n) is 4.16. The molecule has 2 heterocycles. The average molecular weight is 539 g/mol. The molecule has 0 spiro atoms. The van der Waals surface area contributed by atoms with E-state index in [1.807, 2.05) is 13.1 Å². The van der Waals surface area contributed by atoms with Crippen LogP contribution in [-0.2, 0) is 13.1 Å². The molecule has 0 aliphatic carbocycles. The van der Waals surface area contributed by atoms with E-state index in [2.05, 4.69) is 63.3 Å². The lowest BCUT2D eigenvalue weighted by Gasteiger charge is -2.20. The normalized spacial score (nSPS) is 15.3. The minimum absolute atomic E-state index is 0. The molecular formula is C24H39IN6. The molecule has 0 radical (unpaired) electrons. The van der Waals surface area contributed by atoms with Crippen LogP contribution in [0.2, 0.25) is 0 Å². The van der Waals surface area contributed by atoms with Gasteiger partial charge in [-0.05, 0) is 58.3 Å². The third-order valence-electron chi connectivity index (χ3n) is 6.00. The number of hydrogen-bond donors (Lipinski definition) is 2. The van der Waals surface area contributed by atoms with Gasteiger partial charge in [-0.1, -0.05) is 43.2 Å². The van der Waals surface area contributed by atoms with Crippen LogP contribution in [0.15, 0.2) is 35.3 Å². The van der Waals surface area contributed by atoms with Crippen molar-refractivity contribution in [3.63, 3.8) is 0 Å². The molecule has 1 fully saturated rings. The van der Waals surface area contributed by atoms with E-state index >= 15 is 0 Å². The Kier molecular flexibility index (Phi) is 11.4. The van der Waals surface area contributed by atoms with E-state index < -0.39 is 0 Å². The lowest BCUT2D eigenvalue weighted by atomic mass is 10.2. The van der Waals surface area contributed by atoms with Gasteiger partial charge in [-0.3, -0.25) is 9.67 Å². The van der Waals surface area contributed by atoms with Crippen LogP contribution in [0.4, 0.5) is 0 Å². The van der Waals surface area contributed by atoms with Crippen molar-refractivity contribution in [3.05, 3.63) is 52.8 Å². The second-order valence-electron chi connectivity index (χ2n) is 8.25. The summed E-state index contributed by atoms with van der Waals surface area (Å²) in [6.45, 7) is 10.4. The third kappa shape index (κ3) is 8.11. The summed E-state index contributed by atoms with van der Waals surface area (Å²) >= 11 is 0. The van der Waals surface area contributed by atoms with Crippen molar-refractivity contribution in [1.29, 1.82) is 0 Å². The first kappa shape index (κ1) is 25.6. The van der Waals surface area contributed by atoms with Crippen LogP contribution in [0.5, 0.6) is 0 Å². The van der Waals surface area contributed by atoms with Gasteiger partial charge in [0.2, 0.25) is 0 Å². The summed E-state index contributed by atoms with van der Waals surface area (Å²) < 4.78 is 2.10. The number of likely N-dealkylation sites (tertiary alicyclic amines) is 1. The van der Waals surface area contributed by atoms with Gasteiger partial charge in [0.15, 0.2) is 5.96 Å². The molecule has 1 aliphatic heterocycles. The highest BCUT2D eigenvalue weighted by Gasteiger charge is 2.13. The number of benzene rings is 1. The fourth-order valence-corrected chi connectivity index (χ4v) is 4.16. The van der Waals surface area contributed by atoms with Crippen molar-refractivity contribution in [2.24, 2.45) is 4.99 Å². The Labute approximate surface area is 204 Å². The van der Waals surface area contributed by atoms with Crippen LogP contribution in [0, 0.1) is 13.8 Å². The molecule has 2 aromatic rings. The maximum Gasteiger partial charge on any atom is 0.191 e. The summed E-state index contributed by atoms with van der Waals surface area (Å²) in [5.74, 6) is 0.862. The van der Waals surface area contributed by atoms with Gasteiger partial charge in [0.05, 0.1) is 12.2 Å². The van der Waals surface area contributed by atoms with E-state index in [4.69, 9.17) is 5.10 Å². The zero-order chi connectivity index (χ0) is 21.2. The largest absolute Gasteiger partial charge is 0.356 e. The molecule has 1 aromatic carbocycles. The highest BCUT2D eigenvalue weighted by atomic mass is 127. The molecule has 0 unspecified atom stereocenters. The monoisotopic (exact) mass is 538 g/mol. The molecule has 0 bridgehead atoms. The number of rotatable bonds is 8. The lowest BCUT2D eigenvalue weighted by molar-refractivity contribution is 0.282. The van der Waals surface area contributed by atoms with E-state index in [9.17, 15) is 0 Å². The third-order valence-corrected chi connectivity index (χ3v) is 6.00. The molecule has 172 valence electrons. The van der Waals surface area contributed by atoms with Crippen LogP contribution in [-0.4, -0.2) is 53.9 Å². The molecule has 1 aliphatic rings. The minimum atomic E-state index is 0. The first-order chi connectivity index (χ1) is 14.7. The summed E-state index contributed by atoms with van der Waals surface area (Å²) in [5, 5.41) is 11.7. The van der Waals surface area contributed by atoms with Crippen molar-refractivity contribution in [1.82, 2.24) is 25.3 Å². The van der Waals surface area contributed by atoms with Gasteiger partial charge in [0.1, 0.15) is 0 Å². The molecule has 6 nitrogen and oxygen atoms in total. The van der Waals surface area contributed by atoms with Gasteiger partial charge in [0, 0.05) is 31.4 Å². The van der Waals surface area contributed by atoms with Gasteiger partial charge in [0.25, 0.3) is 0 Å². The van der Waals surface area contributed by atoms with Crippen LogP contribution >= 0.6 is 24.0 Å². The molecule has 1 saturated heterocycles. The lowest BCUT2D eigenvalue weighted by Crippen LogP contribution is -2.38. The smallest absolute Gasteiger partial charge is 0.191 e. The number of nitrogens with one attached hydrogen (secondary N) is 2. The zero-order valence-electron chi connectivity index (χ0n) is 19.4. The van der Waals surface area contributed by atoms with E-state index in [-0.39, 0.29) is 24.0 Å². The van der Waals surface area contributed by atoms with Crippen LogP contribution < -0.4 is 10.6 Å². The van der Waals surface area contributed by atoms with Crippen LogP contribution in [0.25, 0.3) is 0 Å². The second kappa shape index (κ2) is 13.7. The maximum absolute atomic E-state index is 4.75. The van der Waals surface area contributed by atoms with Gasteiger partial charge in [-0.15, -0.1) is 24.0 Å². The van der Waals surface area contributed by atoms with Gasteiger partial charge in [-0.25, -0.2) is 0 Å². The summed E-state index contributed by atoms with van der Waals surface area (Å²) in [6.07, 6.45) is 6.65. The van der Waals surface area contributed by atoms with Crippen LogP contribution in [0.3, 0.4) is 0 Å². The number of halogens is 1. The first-order valence-corrected chi connectivity index (χ1v) is 11.4. The molecule has 2 N–H and O–H groups in total. The molecule has 1 aromatic heterocycles. The Bertz CT molecular complexity index is 794. The Morgan fingerprint density at radius 2 is 1.74 bits per heavy atom. The van der Waals surface area contributed by atoms with Crippen molar-refractivity contribution in [2.75, 3.05) is 33.2 Å². The minimum Gasteiger partial charge on any atom is -0.356 e. The number of guanidine groups is 1. The fraction of sp³-hybridized carbons (Fsp3) is 0.583. The molecule has 0 saturated carbocycles. The van der Waals surface area contributed by atoms with E-state index in [1.165, 1.54) is 62.1 Å². The van der Waals surface area contributed by atoms with Crippen molar-refractivity contribution < 1.29 is 0 Å².